The first-order chi connectivity index (χ1) is 9.91. The van der Waals surface area contributed by atoms with E-state index in [4.69, 9.17) is 5.73 Å². The van der Waals surface area contributed by atoms with E-state index in [1.807, 2.05) is 0 Å². The summed E-state index contributed by atoms with van der Waals surface area (Å²) in [6.45, 7) is 1.79. The first-order valence-electron chi connectivity index (χ1n) is 6.45. The van der Waals surface area contributed by atoms with Gasteiger partial charge in [-0.05, 0) is 12.1 Å². The number of carbonyl (C=O) groups is 1. The molecule has 114 valence electrons. The van der Waals surface area contributed by atoms with Crippen LogP contribution in [0.1, 0.15) is 14.5 Å². The molecule has 0 spiro atoms. The Morgan fingerprint density at radius 2 is 2.00 bits per heavy atom. The number of amides is 1. The van der Waals surface area contributed by atoms with Crippen molar-refractivity contribution in [2.45, 2.75) is 0 Å². The molecule has 1 aliphatic heterocycles. The maximum Gasteiger partial charge on any atom is 0.264 e. The summed E-state index contributed by atoms with van der Waals surface area (Å²) in [6.07, 6.45) is 1.19. The van der Waals surface area contributed by atoms with Gasteiger partial charge >= 0.3 is 0 Å². The number of sulfonamides is 1. The van der Waals surface area contributed by atoms with E-state index < -0.39 is 10.0 Å². The van der Waals surface area contributed by atoms with E-state index in [2.05, 4.69) is 11.8 Å². The van der Waals surface area contributed by atoms with Gasteiger partial charge < -0.3 is 10.6 Å². The molecular weight excluding hydrogens is 310 g/mol. The molecular formula is C13H17N3O3S2. The van der Waals surface area contributed by atoms with Gasteiger partial charge in [0, 0.05) is 26.2 Å². The molecule has 0 radical (unpaired) electrons. The van der Waals surface area contributed by atoms with Crippen LogP contribution >= 0.6 is 11.3 Å². The first-order valence-corrected chi connectivity index (χ1v) is 9.11. The van der Waals surface area contributed by atoms with Crippen molar-refractivity contribution in [2.75, 3.05) is 39.0 Å². The van der Waals surface area contributed by atoms with Crippen LogP contribution in [0.3, 0.4) is 0 Å². The fraction of sp³-hybridized carbons (Fsp3) is 0.462. The first kappa shape index (κ1) is 16.0. The van der Waals surface area contributed by atoms with Crippen LogP contribution in [0.25, 0.3) is 0 Å². The van der Waals surface area contributed by atoms with E-state index in [0.29, 0.717) is 31.1 Å². The van der Waals surface area contributed by atoms with Gasteiger partial charge in [0.1, 0.15) is 0 Å². The van der Waals surface area contributed by atoms with E-state index in [1.54, 1.807) is 17.0 Å². The molecule has 0 saturated carbocycles. The highest BCUT2D eigenvalue weighted by Gasteiger charge is 2.27. The molecule has 0 aliphatic carbocycles. The predicted molar refractivity (Wildman–Crippen MR) is 82.6 cm³/mol. The van der Waals surface area contributed by atoms with Crippen LogP contribution in [-0.2, 0) is 10.0 Å². The summed E-state index contributed by atoms with van der Waals surface area (Å²) in [7, 11) is -3.18. The van der Waals surface area contributed by atoms with E-state index >= 15 is 0 Å². The van der Waals surface area contributed by atoms with Crippen molar-refractivity contribution in [1.29, 1.82) is 0 Å². The van der Waals surface area contributed by atoms with Crippen LogP contribution in [0.15, 0.2) is 12.1 Å². The van der Waals surface area contributed by atoms with Gasteiger partial charge in [0.05, 0.1) is 22.6 Å². The smallest absolute Gasteiger partial charge is 0.264 e. The molecule has 2 heterocycles. The Morgan fingerprint density at radius 1 is 1.33 bits per heavy atom. The largest absolute Gasteiger partial charge is 0.335 e. The summed E-state index contributed by atoms with van der Waals surface area (Å²) in [4.78, 5) is 15.4. The Labute approximate surface area is 128 Å². The molecule has 1 fully saturated rings. The average Bonchev–Trinajstić information content (AvgIpc) is 2.92. The second kappa shape index (κ2) is 6.58. The Bertz CT molecular complexity index is 677. The lowest BCUT2D eigenvalue weighted by molar-refractivity contribution is 0.0703. The van der Waals surface area contributed by atoms with Crippen LogP contribution < -0.4 is 5.73 Å². The predicted octanol–water partition coefficient (Wildman–Crippen LogP) is -0.224. The molecule has 0 unspecified atom stereocenters. The third-order valence-electron chi connectivity index (χ3n) is 3.13. The molecule has 2 rings (SSSR count). The lowest BCUT2D eigenvalue weighted by atomic mass is 10.3. The Balaban J connectivity index is 2.00. The number of rotatable bonds is 2. The van der Waals surface area contributed by atoms with Gasteiger partial charge in [-0.2, -0.15) is 4.31 Å². The molecule has 1 aromatic heterocycles. The lowest BCUT2D eigenvalue weighted by Gasteiger charge is -2.32. The van der Waals surface area contributed by atoms with Gasteiger partial charge in [-0.1, -0.05) is 11.8 Å². The Hall–Kier alpha value is -1.40. The van der Waals surface area contributed by atoms with Crippen molar-refractivity contribution in [3.63, 3.8) is 0 Å². The highest BCUT2D eigenvalue weighted by Crippen LogP contribution is 2.18. The molecule has 21 heavy (non-hydrogen) atoms. The zero-order valence-corrected chi connectivity index (χ0v) is 13.3. The van der Waals surface area contributed by atoms with Crippen molar-refractivity contribution >= 4 is 27.3 Å². The van der Waals surface area contributed by atoms with Crippen molar-refractivity contribution in [3.05, 3.63) is 21.9 Å². The number of hydrogen-bond acceptors (Lipinski definition) is 5. The minimum atomic E-state index is -3.18. The fourth-order valence-corrected chi connectivity index (χ4v) is 3.71. The molecule has 0 atom stereocenters. The Kier molecular flexibility index (Phi) is 5.00. The zero-order chi connectivity index (χ0) is 15.5. The highest BCUT2D eigenvalue weighted by molar-refractivity contribution is 7.88. The summed E-state index contributed by atoms with van der Waals surface area (Å²) >= 11 is 1.33. The van der Waals surface area contributed by atoms with Crippen molar-refractivity contribution in [3.8, 4) is 11.8 Å². The van der Waals surface area contributed by atoms with Gasteiger partial charge in [0.15, 0.2) is 0 Å². The molecule has 6 nitrogen and oxygen atoms in total. The van der Waals surface area contributed by atoms with E-state index in [-0.39, 0.29) is 12.5 Å². The summed E-state index contributed by atoms with van der Waals surface area (Å²) in [5, 5.41) is 0. The van der Waals surface area contributed by atoms with E-state index in [1.165, 1.54) is 21.9 Å². The minimum absolute atomic E-state index is 0.0750. The molecule has 0 aromatic carbocycles. The molecule has 1 aliphatic rings. The van der Waals surface area contributed by atoms with Gasteiger partial charge in [-0.3, -0.25) is 4.79 Å². The van der Waals surface area contributed by atoms with E-state index in [0.717, 1.165) is 4.88 Å². The molecule has 2 N–H and O–H groups in total. The number of piperazine rings is 1. The maximum atomic E-state index is 12.3. The Morgan fingerprint density at radius 3 is 2.57 bits per heavy atom. The van der Waals surface area contributed by atoms with Gasteiger partial charge in [0.25, 0.3) is 5.91 Å². The van der Waals surface area contributed by atoms with E-state index in [9.17, 15) is 13.2 Å². The average molecular weight is 327 g/mol. The van der Waals surface area contributed by atoms with Crippen molar-refractivity contribution in [1.82, 2.24) is 9.21 Å². The summed E-state index contributed by atoms with van der Waals surface area (Å²) in [6, 6.07) is 3.55. The third-order valence-corrected chi connectivity index (χ3v) is 5.42. The fourth-order valence-electron chi connectivity index (χ4n) is 2.04. The lowest BCUT2D eigenvalue weighted by Crippen LogP contribution is -2.50. The quantitative estimate of drug-likeness (QED) is 0.761. The molecule has 1 aromatic rings. The summed E-state index contributed by atoms with van der Waals surface area (Å²) < 4.78 is 24.3. The second-order valence-corrected chi connectivity index (χ2v) is 7.69. The van der Waals surface area contributed by atoms with Gasteiger partial charge in [-0.25, -0.2) is 8.42 Å². The molecule has 1 amide bonds. The number of carbonyl (C=O) groups excluding carboxylic acids is 1. The number of nitrogens with two attached hydrogens (primary N) is 1. The molecule has 0 bridgehead atoms. The second-order valence-electron chi connectivity index (χ2n) is 4.62. The highest BCUT2D eigenvalue weighted by atomic mass is 32.2. The van der Waals surface area contributed by atoms with Gasteiger partial charge in [-0.15, -0.1) is 11.3 Å². The molecule has 1 saturated heterocycles. The number of hydrogen-bond donors (Lipinski definition) is 1. The summed E-state index contributed by atoms with van der Waals surface area (Å²) in [5.41, 5.74) is 5.31. The van der Waals surface area contributed by atoms with Crippen LogP contribution in [0.4, 0.5) is 0 Å². The minimum Gasteiger partial charge on any atom is -0.335 e. The number of thiophene rings is 1. The number of nitrogens with zero attached hydrogens (tertiary/aromatic N) is 2. The van der Waals surface area contributed by atoms with Crippen molar-refractivity contribution in [2.24, 2.45) is 5.73 Å². The SMILES string of the molecule is CS(=O)(=O)N1CCN(C(=O)c2ccc(C#CCN)s2)CC1. The molecule has 8 heteroatoms. The topological polar surface area (TPSA) is 83.7 Å². The van der Waals surface area contributed by atoms with Gasteiger partial charge in [0.2, 0.25) is 10.0 Å². The third kappa shape index (κ3) is 4.04. The standard InChI is InChI=1S/C13H17N3O3S2/c1-21(18,19)16-9-7-15(8-10-16)13(17)12-5-4-11(20-12)3-2-6-14/h4-5H,6-10,14H2,1H3. The van der Waals surface area contributed by atoms with Crippen LogP contribution in [0.5, 0.6) is 0 Å². The van der Waals surface area contributed by atoms with Crippen LogP contribution in [-0.4, -0.2) is 62.5 Å². The monoisotopic (exact) mass is 327 g/mol. The zero-order valence-electron chi connectivity index (χ0n) is 11.7. The maximum absolute atomic E-state index is 12.3. The van der Waals surface area contributed by atoms with Crippen molar-refractivity contribution < 1.29 is 13.2 Å². The normalized spacial score (nSPS) is 16.4. The van der Waals surface area contributed by atoms with Crippen LogP contribution in [0.2, 0.25) is 0 Å². The van der Waals surface area contributed by atoms with Crippen LogP contribution in [0, 0.1) is 11.8 Å². The summed E-state index contributed by atoms with van der Waals surface area (Å²) in [5.74, 6) is 5.57.